The van der Waals surface area contributed by atoms with Crippen LogP contribution in [0.5, 0.6) is 0 Å². The molecule has 0 rings (SSSR count). The largest absolute Gasteiger partial charge is 0.437 e. The Hall–Kier alpha value is 1.24. The van der Waals surface area contributed by atoms with Crippen LogP contribution in [0, 0.1) is 0 Å². The molecular formula is C14H41NO6Si7. The van der Waals surface area contributed by atoms with Crippen molar-refractivity contribution in [1.82, 2.24) is 0 Å². The normalized spacial score (nSPS) is 14.8. The van der Waals surface area contributed by atoms with E-state index in [4.69, 9.17) is 30.4 Å². The molecule has 0 aliphatic carbocycles. The van der Waals surface area contributed by atoms with Gasteiger partial charge in [-0.15, -0.1) is 0 Å². The lowest BCUT2D eigenvalue weighted by molar-refractivity contribution is 0.277. The third-order valence-corrected chi connectivity index (χ3v) is 23.8. The predicted molar refractivity (Wildman–Crippen MR) is 130 cm³/mol. The van der Waals surface area contributed by atoms with Gasteiger partial charge in [-0.2, -0.15) is 0 Å². The maximum Gasteiger partial charge on any atom is 0.363 e. The molecule has 0 aromatic heterocycles. The van der Waals surface area contributed by atoms with Crippen LogP contribution < -0.4 is 5.73 Å². The summed E-state index contributed by atoms with van der Waals surface area (Å²) >= 11 is 0. The van der Waals surface area contributed by atoms with Crippen molar-refractivity contribution >= 4 is 62.3 Å². The number of nitrogens with two attached hydrogens (primary N) is 1. The highest BCUT2D eigenvalue weighted by molar-refractivity contribution is 6.90. The molecular weight excluding hydrogens is 475 g/mol. The third kappa shape index (κ3) is 14.3. The van der Waals surface area contributed by atoms with Crippen LogP contribution in [0.25, 0.3) is 0 Å². The summed E-state index contributed by atoms with van der Waals surface area (Å²) in [6.45, 7) is 23.7. The lowest BCUT2D eigenvalue weighted by Crippen LogP contribution is -2.59. The monoisotopic (exact) mass is 515 g/mol. The van der Waals surface area contributed by atoms with Gasteiger partial charge >= 0.3 is 43.5 Å². The SMILES string of the molecule is C[Si](C)(C)O[Si](C)(C)O[Si](C)(C)O[Si](C)(C)O[Si](C)(C)O[Si](CCCN)O[Si]. The quantitative estimate of drug-likeness (QED) is 0.354. The van der Waals surface area contributed by atoms with Crippen LogP contribution in [0.4, 0.5) is 0 Å². The molecule has 0 spiro atoms. The molecule has 14 heteroatoms. The summed E-state index contributed by atoms with van der Waals surface area (Å²) in [5.41, 5.74) is 5.60. The number of hydrogen-bond donors (Lipinski definition) is 1. The van der Waals surface area contributed by atoms with Crippen molar-refractivity contribution in [2.45, 2.75) is 84.5 Å². The van der Waals surface area contributed by atoms with Gasteiger partial charge in [-0.25, -0.2) is 0 Å². The Morgan fingerprint density at radius 2 is 1.07 bits per heavy atom. The van der Waals surface area contributed by atoms with Crippen molar-refractivity contribution in [2.24, 2.45) is 5.73 Å². The molecule has 4 radical (unpaired) electrons. The average molecular weight is 516 g/mol. The van der Waals surface area contributed by atoms with Gasteiger partial charge < -0.3 is 30.4 Å². The Kier molecular flexibility index (Phi) is 11.7. The van der Waals surface area contributed by atoms with E-state index in [1.54, 1.807) is 0 Å². The van der Waals surface area contributed by atoms with Crippen LogP contribution in [-0.2, 0) is 24.7 Å². The van der Waals surface area contributed by atoms with Gasteiger partial charge in [0.15, 0.2) is 8.32 Å². The average Bonchev–Trinajstić information content (AvgIpc) is 2.35. The first kappa shape index (κ1) is 29.2. The molecule has 166 valence electrons. The van der Waals surface area contributed by atoms with E-state index in [2.05, 4.69) is 69.4 Å². The van der Waals surface area contributed by atoms with Gasteiger partial charge in [-0.1, -0.05) is 0 Å². The molecule has 7 nitrogen and oxygen atoms in total. The highest BCUT2D eigenvalue weighted by Gasteiger charge is 2.46. The molecule has 0 fully saturated rings. The van der Waals surface area contributed by atoms with Crippen molar-refractivity contribution in [2.75, 3.05) is 6.54 Å². The van der Waals surface area contributed by atoms with Crippen molar-refractivity contribution < 1.29 is 24.7 Å². The van der Waals surface area contributed by atoms with Gasteiger partial charge in [0.05, 0.1) is 0 Å². The van der Waals surface area contributed by atoms with Crippen molar-refractivity contribution in [3.05, 3.63) is 0 Å². The van der Waals surface area contributed by atoms with Gasteiger partial charge in [0.2, 0.25) is 10.5 Å². The van der Waals surface area contributed by atoms with E-state index in [-0.39, 0.29) is 0 Å². The van der Waals surface area contributed by atoms with E-state index < -0.39 is 51.8 Å². The molecule has 0 bridgehead atoms. The third-order valence-electron chi connectivity index (χ3n) is 3.09. The van der Waals surface area contributed by atoms with Gasteiger partial charge in [0.25, 0.3) is 0 Å². The second-order valence-electron chi connectivity index (χ2n) is 9.59. The molecule has 0 saturated carbocycles. The Balaban J connectivity index is 4.99. The fourth-order valence-corrected chi connectivity index (χ4v) is 29.6. The second kappa shape index (κ2) is 11.2. The Morgan fingerprint density at radius 1 is 0.679 bits per heavy atom. The Bertz CT molecular complexity index is 474. The molecule has 0 aliphatic rings. The van der Waals surface area contributed by atoms with Gasteiger partial charge in [-0.3, -0.25) is 0 Å². The lowest BCUT2D eigenvalue weighted by atomic mass is 10.5. The van der Waals surface area contributed by atoms with E-state index in [0.717, 1.165) is 12.5 Å². The maximum atomic E-state index is 6.50. The van der Waals surface area contributed by atoms with Gasteiger partial charge in [0.1, 0.15) is 0 Å². The maximum absolute atomic E-state index is 6.50. The zero-order chi connectivity index (χ0) is 22.4. The van der Waals surface area contributed by atoms with E-state index in [0.29, 0.717) is 6.54 Å². The molecule has 0 aromatic carbocycles. The number of hydrogen-bond acceptors (Lipinski definition) is 7. The van der Waals surface area contributed by atoms with Crippen LogP contribution in [-0.4, -0.2) is 68.9 Å². The lowest BCUT2D eigenvalue weighted by Gasteiger charge is -2.42. The fraction of sp³-hybridized carbons (Fsp3) is 1.00. The molecule has 0 aliphatic heterocycles. The highest BCUT2D eigenvalue weighted by Crippen LogP contribution is 2.26. The summed E-state index contributed by atoms with van der Waals surface area (Å²) in [7, 11) is -9.59. The molecule has 0 unspecified atom stereocenters. The first-order chi connectivity index (χ1) is 12.3. The second-order valence-corrected chi connectivity index (χ2v) is 31.2. The predicted octanol–water partition coefficient (Wildman–Crippen LogP) is 3.65. The summed E-state index contributed by atoms with van der Waals surface area (Å²) in [4.78, 5) is 0. The van der Waals surface area contributed by atoms with E-state index in [1.165, 1.54) is 0 Å². The summed E-state index contributed by atoms with van der Waals surface area (Å²) in [6, 6.07) is 0.810. The Labute approximate surface area is 183 Å². The minimum Gasteiger partial charge on any atom is -0.437 e. The molecule has 0 atom stereocenters. The van der Waals surface area contributed by atoms with E-state index in [1.807, 2.05) is 13.1 Å². The summed E-state index contributed by atoms with van der Waals surface area (Å²) in [5, 5.41) is 0. The molecule has 28 heavy (non-hydrogen) atoms. The smallest absolute Gasteiger partial charge is 0.363 e. The van der Waals surface area contributed by atoms with Crippen molar-refractivity contribution in [3.63, 3.8) is 0 Å². The Morgan fingerprint density at radius 3 is 1.43 bits per heavy atom. The summed E-state index contributed by atoms with van der Waals surface area (Å²) in [5.74, 6) is 0. The van der Waals surface area contributed by atoms with Crippen LogP contribution in [0.2, 0.25) is 78.1 Å². The standard InChI is InChI=1S/C14H41NO6Si7/c1-24(2,3)18-26(6,7)20-28(10,11)21-27(8,9)19-25(4,5)17-23(16-22)14-12-13-15/h12-15H2,1-11H3. The zero-order valence-electron chi connectivity index (χ0n) is 19.6. The minimum atomic E-state index is -2.47. The highest BCUT2D eigenvalue weighted by atomic mass is 28.5. The molecule has 2 N–H and O–H groups in total. The molecule has 0 aromatic rings. The summed E-state index contributed by atoms with van der Waals surface area (Å²) in [6.07, 6.45) is 0.866. The van der Waals surface area contributed by atoms with Gasteiger partial charge in [-0.05, 0) is 91.0 Å². The van der Waals surface area contributed by atoms with Crippen molar-refractivity contribution in [3.8, 4) is 0 Å². The number of rotatable bonds is 14. The molecule has 0 heterocycles. The van der Waals surface area contributed by atoms with Crippen LogP contribution >= 0.6 is 0 Å². The molecule has 0 amide bonds. The van der Waals surface area contributed by atoms with Gasteiger partial charge in [0, 0.05) is 0 Å². The van der Waals surface area contributed by atoms with Crippen LogP contribution in [0.3, 0.4) is 0 Å². The van der Waals surface area contributed by atoms with Crippen molar-refractivity contribution in [1.29, 1.82) is 0 Å². The van der Waals surface area contributed by atoms with E-state index >= 15 is 0 Å². The van der Waals surface area contributed by atoms with Crippen LogP contribution in [0.15, 0.2) is 0 Å². The topological polar surface area (TPSA) is 81.4 Å². The van der Waals surface area contributed by atoms with E-state index in [9.17, 15) is 0 Å². The zero-order valence-corrected chi connectivity index (χ0v) is 26.6. The van der Waals surface area contributed by atoms with Crippen LogP contribution in [0.1, 0.15) is 6.42 Å². The summed E-state index contributed by atoms with van der Waals surface area (Å²) < 4.78 is 37.3. The molecule has 0 saturated heterocycles. The first-order valence-electron chi connectivity index (χ1n) is 9.71. The minimum absolute atomic E-state index is 0.621. The first-order valence-corrected chi connectivity index (χ1v) is 26.3. The fourth-order valence-electron chi connectivity index (χ4n) is 3.24.